The van der Waals surface area contributed by atoms with Gasteiger partial charge in [-0.3, -0.25) is 0 Å². The third-order valence-corrected chi connectivity index (χ3v) is 8.86. The van der Waals surface area contributed by atoms with Crippen LogP contribution in [-0.2, 0) is 17.7 Å². The first-order chi connectivity index (χ1) is 15.5. The fourth-order valence-electron chi connectivity index (χ4n) is 7.14. The lowest BCUT2D eigenvalue weighted by molar-refractivity contribution is 0.0408. The van der Waals surface area contributed by atoms with Crippen LogP contribution in [0.5, 0.6) is 5.75 Å². The maximum absolute atomic E-state index is 11.7. The van der Waals surface area contributed by atoms with Crippen molar-refractivity contribution in [2.75, 3.05) is 14.2 Å². The highest BCUT2D eigenvalue weighted by Gasteiger charge is 2.54. The molecule has 2 aromatic rings. The van der Waals surface area contributed by atoms with Gasteiger partial charge in [0.15, 0.2) is 0 Å². The molecule has 0 aliphatic heterocycles. The summed E-state index contributed by atoms with van der Waals surface area (Å²) in [5.41, 5.74) is 5.30. The summed E-state index contributed by atoms with van der Waals surface area (Å²) >= 11 is 0. The topological polar surface area (TPSA) is 47.6 Å². The molecule has 0 radical (unpaired) electrons. The first kappa shape index (κ1) is 21.5. The summed E-state index contributed by atoms with van der Waals surface area (Å²) in [6.45, 7) is 3.40. The van der Waals surface area contributed by atoms with Crippen LogP contribution in [0.4, 0.5) is 0 Å². The van der Waals surface area contributed by atoms with Gasteiger partial charge in [0.2, 0.25) is 0 Å². The number of esters is 1. The Morgan fingerprint density at radius 1 is 1.06 bits per heavy atom. The van der Waals surface area contributed by atoms with Gasteiger partial charge in [-0.1, -0.05) is 25.1 Å². The molecule has 3 aliphatic carbocycles. The standard InChI is InChI=1S/C28H35NO3/c1-28-15-14-23-22-11-9-21(31-2)16-20(22)8-10-24(23)25(28)12-13-26(28)29-17-18-4-6-19(7-5-18)27(30)32-3/h4-7,9,11,16,23-26,29H,8,10,12-15,17H2,1-3H3/t23-,24-,25+,26+,28+/m1/s1. The van der Waals surface area contributed by atoms with Crippen LogP contribution in [0.3, 0.4) is 0 Å². The molecule has 4 nitrogen and oxygen atoms in total. The molecule has 2 fully saturated rings. The van der Waals surface area contributed by atoms with Gasteiger partial charge in [-0.25, -0.2) is 4.79 Å². The largest absolute Gasteiger partial charge is 0.497 e. The van der Waals surface area contributed by atoms with Gasteiger partial charge in [0.1, 0.15) is 5.75 Å². The molecule has 0 saturated heterocycles. The number of carbonyl (C=O) groups excluding carboxylic acids is 1. The summed E-state index contributed by atoms with van der Waals surface area (Å²) in [6, 6.07) is 15.1. The number of fused-ring (bicyclic) bond motifs is 5. The predicted octanol–water partition coefficient (Wildman–Crippen LogP) is 5.50. The third kappa shape index (κ3) is 3.63. The molecule has 5 rings (SSSR count). The van der Waals surface area contributed by atoms with Crippen molar-refractivity contribution in [3.63, 3.8) is 0 Å². The second kappa shape index (κ2) is 8.55. The normalized spacial score (nSPS) is 30.7. The number of benzene rings is 2. The Kier molecular flexibility index (Phi) is 5.75. The fourth-order valence-corrected chi connectivity index (χ4v) is 7.14. The van der Waals surface area contributed by atoms with Gasteiger partial charge in [-0.2, -0.15) is 0 Å². The molecule has 0 amide bonds. The van der Waals surface area contributed by atoms with Crippen LogP contribution in [0.25, 0.3) is 0 Å². The number of ether oxygens (including phenoxy) is 2. The van der Waals surface area contributed by atoms with E-state index in [1.807, 2.05) is 24.3 Å². The molecular formula is C28H35NO3. The first-order valence-corrected chi connectivity index (χ1v) is 12.1. The molecule has 1 N–H and O–H groups in total. The Morgan fingerprint density at radius 2 is 1.88 bits per heavy atom. The molecule has 0 spiro atoms. The van der Waals surface area contributed by atoms with E-state index < -0.39 is 0 Å². The minimum Gasteiger partial charge on any atom is -0.497 e. The lowest BCUT2D eigenvalue weighted by Crippen LogP contribution is -2.48. The molecule has 32 heavy (non-hydrogen) atoms. The lowest BCUT2D eigenvalue weighted by Gasteiger charge is -2.51. The summed E-state index contributed by atoms with van der Waals surface area (Å²) in [4.78, 5) is 11.7. The monoisotopic (exact) mass is 433 g/mol. The highest BCUT2D eigenvalue weighted by Crippen LogP contribution is 2.61. The van der Waals surface area contributed by atoms with Crippen molar-refractivity contribution in [1.82, 2.24) is 5.32 Å². The second-order valence-electron chi connectivity index (χ2n) is 10.2. The van der Waals surface area contributed by atoms with E-state index in [1.54, 1.807) is 12.7 Å². The van der Waals surface area contributed by atoms with E-state index in [0.717, 1.165) is 24.1 Å². The lowest BCUT2D eigenvalue weighted by atomic mass is 9.55. The van der Waals surface area contributed by atoms with Crippen molar-refractivity contribution in [2.45, 2.75) is 64.0 Å². The molecule has 0 unspecified atom stereocenters. The number of nitrogens with one attached hydrogen (secondary N) is 1. The maximum atomic E-state index is 11.7. The van der Waals surface area contributed by atoms with Crippen LogP contribution in [0.2, 0.25) is 0 Å². The third-order valence-electron chi connectivity index (χ3n) is 8.86. The minimum atomic E-state index is -0.278. The maximum Gasteiger partial charge on any atom is 0.337 e. The van der Waals surface area contributed by atoms with Crippen molar-refractivity contribution in [2.24, 2.45) is 17.3 Å². The van der Waals surface area contributed by atoms with Crippen molar-refractivity contribution in [3.05, 3.63) is 64.7 Å². The van der Waals surface area contributed by atoms with Gasteiger partial charge in [0.05, 0.1) is 19.8 Å². The van der Waals surface area contributed by atoms with Crippen LogP contribution in [0.1, 0.15) is 72.0 Å². The van der Waals surface area contributed by atoms with Gasteiger partial charge in [0.25, 0.3) is 0 Å². The van der Waals surface area contributed by atoms with E-state index in [-0.39, 0.29) is 5.97 Å². The summed E-state index contributed by atoms with van der Waals surface area (Å²) in [7, 11) is 3.18. The molecule has 5 atom stereocenters. The number of carbonyl (C=O) groups is 1. The number of methoxy groups -OCH3 is 2. The molecule has 2 saturated carbocycles. The van der Waals surface area contributed by atoms with E-state index >= 15 is 0 Å². The molecule has 3 aliphatic rings. The van der Waals surface area contributed by atoms with Gasteiger partial charge in [-0.05, 0) is 103 Å². The molecular weight excluding hydrogens is 398 g/mol. The number of hydrogen-bond donors (Lipinski definition) is 1. The minimum absolute atomic E-state index is 0.278. The zero-order valence-electron chi connectivity index (χ0n) is 19.5. The SMILES string of the molecule is COC(=O)c1ccc(CN[C@H]2CC[C@H]3[C@@H]4CCc5cc(OC)ccc5[C@H]4CC[C@]23C)cc1. The number of rotatable bonds is 5. The Labute approximate surface area is 191 Å². The molecule has 0 bridgehead atoms. The van der Waals surface area contributed by atoms with E-state index in [9.17, 15) is 4.79 Å². The summed E-state index contributed by atoms with van der Waals surface area (Å²) in [5, 5.41) is 3.90. The van der Waals surface area contributed by atoms with E-state index in [2.05, 4.69) is 30.4 Å². The average Bonchev–Trinajstić information content (AvgIpc) is 3.18. The molecule has 170 valence electrons. The summed E-state index contributed by atoms with van der Waals surface area (Å²) in [5.74, 6) is 3.04. The van der Waals surface area contributed by atoms with Gasteiger partial charge < -0.3 is 14.8 Å². The Bertz CT molecular complexity index is 985. The van der Waals surface area contributed by atoms with Crippen molar-refractivity contribution in [3.8, 4) is 5.75 Å². The van der Waals surface area contributed by atoms with Crippen molar-refractivity contribution >= 4 is 5.97 Å². The quantitative estimate of drug-likeness (QED) is 0.633. The zero-order chi connectivity index (χ0) is 22.3. The zero-order valence-corrected chi connectivity index (χ0v) is 19.5. The molecule has 0 aromatic heterocycles. The van der Waals surface area contributed by atoms with Crippen LogP contribution in [-0.4, -0.2) is 26.2 Å². The molecule has 0 heterocycles. The number of hydrogen-bond acceptors (Lipinski definition) is 4. The molecule has 4 heteroatoms. The Balaban J connectivity index is 1.27. The second-order valence-corrected chi connectivity index (χ2v) is 10.2. The Hall–Kier alpha value is -2.33. The van der Waals surface area contributed by atoms with E-state index in [0.29, 0.717) is 22.9 Å². The van der Waals surface area contributed by atoms with Crippen molar-refractivity contribution < 1.29 is 14.3 Å². The predicted molar refractivity (Wildman–Crippen MR) is 126 cm³/mol. The fraction of sp³-hybridized carbons (Fsp3) is 0.536. The van der Waals surface area contributed by atoms with Gasteiger partial charge in [0, 0.05) is 12.6 Å². The summed E-state index contributed by atoms with van der Waals surface area (Å²) in [6.07, 6.45) is 7.69. The Morgan fingerprint density at radius 3 is 2.62 bits per heavy atom. The summed E-state index contributed by atoms with van der Waals surface area (Å²) < 4.78 is 10.3. The van der Waals surface area contributed by atoms with Crippen LogP contribution < -0.4 is 10.1 Å². The average molecular weight is 434 g/mol. The van der Waals surface area contributed by atoms with E-state index in [1.165, 1.54) is 56.8 Å². The number of aryl methyl sites for hydroxylation is 1. The highest BCUT2D eigenvalue weighted by atomic mass is 16.5. The van der Waals surface area contributed by atoms with Crippen LogP contribution in [0, 0.1) is 17.3 Å². The van der Waals surface area contributed by atoms with Gasteiger partial charge >= 0.3 is 5.97 Å². The highest BCUT2D eigenvalue weighted by molar-refractivity contribution is 5.89. The first-order valence-electron chi connectivity index (χ1n) is 12.1. The van der Waals surface area contributed by atoms with E-state index in [4.69, 9.17) is 9.47 Å². The van der Waals surface area contributed by atoms with Crippen LogP contribution >= 0.6 is 0 Å². The van der Waals surface area contributed by atoms with Crippen LogP contribution in [0.15, 0.2) is 42.5 Å². The smallest absolute Gasteiger partial charge is 0.337 e. The van der Waals surface area contributed by atoms with Crippen molar-refractivity contribution in [1.29, 1.82) is 0 Å². The molecule has 2 aromatic carbocycles. The van der Waals surface area contributed by atoms with Gasteiger partial charge in [-0.15, -0.1) is 0 Å².